The molecule has 0 aliphatic carbocycles. The summed E-state index contributed by atoms with van der Waals surface area (Å²) in [7, 11) is 0. The molecular weight excluding hydrogens is 336 g/mol. The predicted octanol–water partition coefficient (Wildman–Crippen LogP) is 3.93. The Morgan fingerprint density at radius 1 is 0.769 bits per heavy atom. The van der Waals surface area contributed by atoms with Crippen molar-refractivity contribution in [3.8, 4) is 28.7 Å². The second-order valence-electron chi connectivity index (χ2n) is 7.07. The first-order valence-electron chi connectivity index (χ1n) is 8.79. The van der Waals surface area contributed by atoms with Gasteiger partial charge < -0.3 is 28.8 Å². The predicted molar refractivity (Wildman–Crippen MR) is 91.7 cm³/mol. The van der Waals surface area contributed by atoms with Crippen molar-refractivity contribution in [1.82, 2.24) is 0 Å². The van der Waals surface area contributed by atoms with Crippen LogP contribution in [0.1, 0.15) is 37.2 Å². The summed E-state index contributed by atoms with van der Waals surface area (Å²) in [6.07, 6.45) is -0.316. The summed E-state index contributed by atoms with van der Waals surface area (Å²) < 4.78 is 28.1. The molecule has 0 unspecified atom stereocenters. The van der Waals surface area contributed by atoms with Gasteiger partial charge in [-0.3, -0.25) is 0 Å². The van der Waals surface area contributed by atoms with Gasteiger partial charge in [0.25, 0.3) is 0 Å². The minimum absolute atomic E-state index is 0.0886. The van der Waals surface area contributed by atoms with Crippen LogP contribution in [0, 0.1) is 11.8 Å². The maximum Gasteiger partial charge on any atom is 0.231 e. The maximum atomic E-state index is 10.5. The van der Waals surface area contributed by atoms with Gasteiger partial charge in [0, 0.05) is 11.6 Å². The second kappa shape index (κ2) is 5.71. The number of hydrogen-bond donors (Lipinski definition) is 1. The monoisotopic (exact) mass is 356 g/mol. The summed E-state index contributed by atoms with van der Waals surface area (Å²) in [4.78, 5) is 0. The van der Waals surface area contributed by atoms with Crippen LogP contribution in [0.2, 0.25) is 0 Å². The molecule has 0 spiro atoms. The van der Waals surface area contributed by atoms with Gasteiger partial charge in [-0.05, 0) is 35.6 Å². The largest absolute Gasteiger partial charge is 0.507 e. The normalized spacial score (nSPS) is 28.5. The zero-order valence-corrected chi connectivity index (χ0v) is 14.6. The van der Waals surface area contributed by atoms with E-state index in [4.69, 9.17) is 23.7 Å². The van der Waals surface area contributed by atoms with Gasteiger partial charge in [0.15, 0.2) is 23.0 Å². The lowest BCUT2D eigenvalue weighted by Crippen LogP contribution is -2.10. The first kappa shape index (κ1) is 15.6. The van der Waals surface area contributed by atoms with Crippen LogP contribution in [-0.4, -0.2) is 18.7 Å². The Hall–Kier alpha value is -2.60. The number of ether oxygens (including phenoxy) is 5. The van der Waals surface area contributed by atoms with Gasteiger partial charge >= 0.3 is 0 Å². The molecule has 0 saturated carbocycles. The molecule has 6 nitrogen and oxygen atoms in total. The zero-order valence-electron chi connectivity index (χ0n) is 14.6. The molecule has 1 N–H and O–H groups in total. The lowest BCUT2D eigenvalue weighted by Gasteiger charge is -2.18. The highest BCUT2D eigenvalue weighted by Crippen LogP contribution is 2.53. The molecule has 3 heterocycles. The van der Waals surface area contributed by atoms with E-state index in [0.717, 1.165) is 22.6 Å². The van der Waals surface area contributed by atoms with Crippen LogP contribution in [0.3, 0.4) is 0 Å². The highest BCUT2D eigenvalue weighted by Gasteiger charge is 2.42. The van der Waals surface area contributed by atoms with Gasteiger partial charge in [0.1, 0.15) is 5.75 Å². The van der Waals surface area contributed by atoms with Crippen LogP contribution in [0.5, 0.6) is 28.7 Å². The first-order valence-corrected chi connectivity index (χ1v) is 8.79. The Bertz CT molecular complexity index is 864. The molecule has 1 saturated heterocycles. The highest BCUT2D eigenvalue weighted by molar-refractivity contribution is 5.52. The zero-order chi connectivity index (χ0) is 17.8. The Kier molecular flexibility index (Phi) is 3.43. The molecule has 0 aromatic heterocycles. The summed E-state index contributed by atoms with van der Waals surface area (Å²) in [5.41, 5.74) is 1.79. The van der Waals surface area contributed by atoms with E-state index >= 15 is 0 Å². The van der Waals surface area contributed by atoms with Gasteiger partial charge in [-0.1, -0.05) is 19.9 Å². The molecule has 6 heteroatoms. The lowest BCUT2D eigenvalue weighted by molar-refractivity contribution is 0.0276. The number of hydrogen-bond acceptors (Lipinski definition) is 6. The third-order valence-corrected chi connectivity index (χ3v) is 5.63. The van der Waals surface area contributed by atoms with Gasteiger partial charge in [-0.25, -0.2) is 0 Å². The van der Waals surface area contributed by atoms with Crippen molar-refractivity contribution in [2.75, 3.05) is 13.6 Å². The summed E-state index contributed by atoms with van der Waals surface area (Å²) in [6.45, 7) is 4.75. The maximum absolute atomic E-state index is 10.5. The molecule has 1 fully saturated rings. The van der Waals surface area contributed by atoms with Crippen LogP contribution >= 0.6 is 0 Å². The Balaban J connectivity index is 1.47. The number of aromatic hydroxyl groups is 1. The molecule has 2 aromatic carbocycles. The van der Waals surface area contributed by atoms with Crippen LogP contribution in [0.25, 0.3) is 0 Å². The van der Waals surface area contributed by atoms with Crippen LogP contribution in [0.4, 0.5) is 0 Å². The molecule has 4 atom stereocenters. The van der Waals surface area contributed by atoms with Crippen molar-refractivity contribution in [3.05, 3.63) is 41.5 Å². The molecule has 5 rings (SSSR count). The standard InChI is InChI=1S/C20H20O6/c1-10-11(2)20(13-6-17-18(7-14(13)21)25-9-24-17)26-19(10)12-3-4-15-16(5-12)23-8-22-15/h3-7,10-11,19-21H,8-9H2,1-2H3/t10-,11-,19+,20-/m1/s1. The van der Waals surface area contributed by atoms with E-state index in [9.17, 15) is 5.11 Å². The quantitative estimate of drug-likeness (QED) is 0.879. The van der Waals surface area contributed by atoms with Crippen molar-refractivity contribution in [2.45, 2.75) is 26.1 Å². The third-order valence-electron chi connectivity index (χ3n) is 5.63. The molecule has 3 aliphatic rings. The minimum atomic E-state index is -0.227. The number of phenolic OH excluding ortho intramolecular Hbond substituents is 1. The summed E-state index contributed by atoms with van der Waals surface area (Å²) in [6, 6.07) is 9.35. The smallest absolute Gasteiger partial charge is 0.231 e. The average molecular weight is 356 g/mol. The van der Waals surface area contributed by atoms with Gasteiger partial charge in [-0.15, -0.1) is 0 Å². The Morgan fingerprint density at radius 3 is 2.15 bits per heavy atom. The molecule has 0 radical (unpaired) electrons. The molecule has 0 bridgehead atoms. The SMILES string of the molecule is C[C@@H]1[C@@H](C)[C@H](c2cc3c(cc2O)OCO3)O[C@@H]1c1ccc2c(c1)OCO2. The molecule has 136 valence electrons. The number of rotatable bonds is 2. The minimum Gasteiger partial charge on any atom is -0.507 e. The van der Waals surface area contributed by atoms with Gasteiger partial charge in [-0.2, -0.15) is 0 Å². The van der Waals surface area contributed by atoms with Crippen molar-refractivity contribution >= 4 is 0 Å². The van der Waals surface area contributed by atoms with E-state index in [0.29, 0.717) is 11.5 Å². The summed E-state index contributed by atoms with van der Waals surface area (Å²) >= 11 is 0. The molecular formula is C20H20O6. The van der Waals surface area contributed by atoms with Crippen LogP contribution in [0.15, 0.2) is 30.3 Å². The molecule has 26 heavy (non-hydrogen) atoms. The van der Waals surface area contributed by atoms with E-state index in [-0.39, 0.29) is 43.4 Å². The van der Waals surface area contributed by atoms with E-state index in [1.165, 1.54) is 0 Å². The topological polar surface area (TPSA) is 66.4 Å². The number of fused-ring (bicyclic) bond motifs is 2. The average Bonchev–Trinajstić information content (AvgIpc) is 3.34. The van der Waals surface area contributed by atoms with Crippen LogP contribution < -0.4 is 18.9 Å². The number of benzene rings is 2. The number of phenols is 1. The Morgan fingerprint density at radius 2 is 1.38 bits per heavy atom. The second-order valence-corrected chi connectivity index (χ2v) is 7.07. The molecule has 2 aromatic rings. The fourth-order valence-electron chi connectivity index (χ4n) is 3.96. The van der Waals surface area contributed by atoms with Crippen molar-refractivity contribution < 1.29 is 28.8 Å². The van der Waals surface area contributed by atoms with E-state index in [1.54, 1.807) is 6.07 Å². The van der Waals surface area contributed by atoms with Crippen molar-refractivity contribution in [3.63, 3.8) is 0 Å². The van der Waals surface area contributed by atoms with Gasteiger partial charge in [0.05, 0.1) is 12.2 Å². The third kappa shape index (κ3) is 2.29. The Labute approximate surface area is 151 Å². The lowest BCUT2D eigenvalue weighted by atomic mass is 9.85. The van der Waals surface area contributed by atoms with Gasteiger partial charge in [0.2, 0.25) is 13.6 Å². The van der Waals surface area contributed by atoms with E-state index in [1.807, 2.05) is 24.3 Å². The first-order chi connectivity index (χ1) is 12.6. The molecule has 3 aliphatic heterocycles. The van der Waals surface area contributed by atoms with Crippen LogP contribution in [-0.2, 0) is 4.74 Å². The fraction of sp³-hybridized carbons (Fsp3) is 0.400. The van der Waals surface area contributed by atoms with E-state index < -0.39 is 0 Å². The van der Waals surface area contributed by atoms with E-state index in [2.05, 4.69) is 13.8 Å². The fourth-order valence-corrected chi connectivity index (χ4v) is 3.96. The van der Waals surface area contributed by atoms with Crippen molar-refractivity contribution in [1.29, 1.82) is 0 Å². The summed E-state index contributed by atoms with van der Waals surface area (Å²) in [5, 5.41) is 10.5. The van der Waals surface area contributed by atoms with Crippen molar-refractivity contribution in [2.24, 2.45) is 11.8 Å². The molecule has 0 amide bonds. The highest BCUT2D eigenvalue weighted by atomic mass is 16.7. The summed E-state index contributed by atoms with van der Waals surface area (Å²) in [5.74, 6) is 3.38.